The molecule has 20 heavy (non-hydrogen) atoms. The molecule has 0 aliphatic carbocycles. The third-order valence-corrected chi connectivity index (χ3v) is 4.26. The van der Waals surface area contributed by atoms with E-state index in [1.54, 1.807) is 24.2 Å². The lowest BCUT2D eigenvalue weighted by atomic mass is 10.2. The van der Waals surface area contributed by atoms with Gasteiger partial charge in [0.2, 0.25) is 0 Å². The summed E-state index contributed by atoms with van der Waals surface area (Å²) in [5.74, 6) is 0.659. The number of nitrogens with one attached hydrogen (secondary N) is 1. The molecule has 0 radical (unpaired) electrons. The van der Waals surface area contributed by atoms with E-state index in [9.17, 15) is 0 Å². The Morgan fingerprint density at radius 2 is 1.95 bits per heavy atom. The third kappa shape index (κ3) is 4.82. The first-order valence-corrected chi connectivity index (χ1v) is 7.91. The van der Waals surface area contributed by atoms with Crippen molar-refractivity contribution in [1.82, 2.24) is 10.3 Å². The lowest BCUT2D eigenvalue weighted by molar-refractivity contribution is 0.552. The van der Waals surface area contributed by atoms with Crippen LogP contribution in [0.4, 0.5) is 0 Å². The van der Waals surface area contributed by atoms with Crippen LogP contribution in [-0.4, -0.2) is 11.5 Å². The Balaban J connectivity index is 1.99. The summed E-state index contributed by atoms with van der Waals surface area (Å²) in [7, 11) is 0. The summed E-state index contributed by atoms with van der Waals surface area (Å²) >= 11 is 8.02. The fourth-order valence-corrected chi connectivity index (χ4v) is 2.90. The molecular formula is C16H19ClN2S. The van der Waals surface area contributed by atoms with E-state index in [0.717, 1.165) is 27.9 Å². The molecule has 4 heteroatoms. The van der Waals surface area contributed by atoms with E-state index >= 15 is 0 Å². The molecule has 2 rings (SSSR count). The van der Waals surface area contributed by atoms with Gasteiger partial charge in [-0.1, -0.05) is 43.3 Å². The maximum atomic E-state index is 6.36. The monoisotopic (exact) mass is 306 g/mol. The highest BCUT2D eigenvalue weighted by molar-refractivity contribution is 7.99. The van der Waals surface area contributed by atoms with Gasteiger partial charge in [-0.25, -0.2) is 0 Å². The summed E-state index contributed by atoms with van der Waals surface area (Å²) in [5.41, 5.74) is 1.22. The van der Waals surface area contributed by atoms with Crippen molar-refractivity contribution < 1.29 is 0 Å². The number of nitrogens with zero attached hydrogens (tertiary/aromatic N) is 1. The van der Waals surface area contributed by atoms with E-state index < -0.39 is 0 Å². The number of halogens is 1. The molecular weight excluding hydrogens is 288 g/mol. The van der Waals surface area contributed by atoms with Crippen LogP contribution < -0.4 is 5.32 Å². The van der Waals surface area contributed by atoms with E-state index in [2.05, 4.69) is 36.3 Å². The van der Waals surface area contributed by atoms with Crippen LogP contribution in [0.3, 0.4) is 0 Å². The van der Waals surface area contributed by atoms with Gasteiger partial charge < -0.3 is 5.32 Å². The highest BCUT2D eigenvalue weighted by atomic mass is 35.5. The van der Waals surface area contributed by atoms with Crippen LogP contribution in [-0.2, 0) is 6.54 Å². The SMILES string of the molecule is CC(C)CNCc1ccc(Sc2ccncc2)c(Cl)c1. The second-order valence-electron chi connectivity index (χ2n) is 5.07. The number of hydrogen-bond donors (Lipinski definition) is 1. The van der Waals surface area contributed by atoms with Crippen molar-refractivity contribution in [2.24, 2.45) is 5.92 Å². The van der Waals surface area contributed by atoms with Crippen LogP contribution in [0.15, 0.2) is 52.5 Å². The van der Waals surface area contributed by atoms with Gasteiger partial charge in [-0.15, -0.1) is 0 Å². The quantitative estimate of drug-likeness (QED) is 0.842. The summed E-state index contributed by atoms with van der Waals surface area (Å²) in [5, 5.41) is 4.23. The number of hydrogen-bond acceptors (Lipinski definition) is 3. The minimum absolute atomic E-state index is 0.659. The highest BCUT2D eigenvalue weighted by Crippen LogP contribution is 2.33. The standard InChI is InChI=1S/C16H19ClN2S/c1-12(2)10-19-11-13-3-4-16(15(17)9-13)20-14-5-7-18-8-6-14/h3-9,12,19H,10-11H2,1-2H3. The molecule has 0 saturated heterocycles. The maximum absolute atomic E-state index is 6.36. The molecule has 2 nitrogen and oxygen atoms in total. The molecule has 0 saturated carbocycles. The largest absolute Gasteiger partial charge is 0.312 e. The normalized spacial score (nSPS) is 11.0. The molecule has 1 aromatic carbocycles. The van der Waals surface area contributed by atoms with E-state index in [4.69, 9.17) is 11.6 Å². The van der Waals surface area contributed by atoms with Crippen LogP contribution >= 0.6 is 23.4 Å². The van der Waals surface area contributed by atoms with Crippen molar-refractivity contribution in [3.63, 3.8) is 0 Å². The van der Waals surface area contributed by atoms with Crippen molar-refractivity contribution in [2.45, 2.75) is 30.2 Å². The molecule has 0 spiro atoms. The number of benzene rings is 1. The number of aromatic nitrogens is 1. The zero-order valence-corrected chi connectivity index (χ0v) is 13.3. The maximum Gasteiger partial charge on any atom is 0.0548 e. The van der Waals surface area contributed by atoms with Gasteiger partial charge >= 0.3 is 0 Å². The van der Waals surface area contributed by atoms with Crippen LogP contribution in [0.25, 0.3) is 0 Å². The second kappa shape index (κ2) is 7.67. The average molecular weight is 307 g/mol. The van der Waals surface area contributed by atoms with Crippen LogP contribution in [0, 0.1) is 5.92 Å². The molecule has 0 unspecified atom stereocenters. The molecule has 1 aromatic heterocycles. The molecule has 0 aliphatic rings. The minimum Gasteiger partial charge on any atom is -0.312 e. The fraction of sp³-hybridized carbons (Fsp3) is 0.312. The summed E-state index contributed by atoms with van der Waals surface area (Å²) in [6, 6.07) is 10.2. The summed E-state index contributed by atoms with van der Waals surface area (Å²) in [6.07, 6.45) is 3.58. The van der Waals surface area contributed by atoms with Gasteiger partial charge in [0.25, 0.3) is 0 Å². The van der Waals surface area contributed by atoms with Crippen molar-refractivity contribution in [1.29, 1.82) is 0 Å². The molecule has 1 heterocycles. The van der Waals surface area contributed by atoms with Gasteiger partial charge in [-0.3, -0.25) is 4.98 Å². The van der Waals surface area contributed by atoms with Gasteiger partial charge in [0.1, 0.15) is 0 Å². The number of pyridine rings is 1. The first kappa shape index (κ1) is 15.4. The molecule has 0 atom stereocenters. The van der Waals surface area contributed by atoms with Crippen molar-refractivity contribution in [3.8, 4) is 0 Å². The van der Waals surface area contributed by atoms with Gasteiger partial charge in [0, 0.05) is 28.7 Å². The Morgan fingerprint density at radius 3 is 2.60 bits per heavy atom. The Hall–Kier alpha value is -1.03. The first-order valence-electron chi connectivity index (χ1n) is 6.72. The van der Waals surface area contributed by atoms with Crippen molar-refractivity contribution in [2.75, 3.05) is 6.54 Å². The van der Waals surface area contributed by atoms with E-state index in [1.807, 2.05) is 18.2 Å². The molecule has 106 valence electrons. The van der Waals surface area contributed by atoms with E-state index in [1.165, 1.54) is 5.56 Å². The Kier molecular flexibility index (Phi) is 5.89. The molecule has 0 fully saturated rings. The molecule has 2 aromatic rings. The highest BCUT2D eigenvalue weighted by Gasteiger charge is 2.04. The number of rotatable bonds is 6. The van der Waals surface area contributed by atoms with E-state index in [-0.39, 0.29) is 0 Å². The fourth-order valence-electron chi connectivity index (χ4n) is 1.78. The van der Waals surface area contributed by atoms with Gasteiger partial charge in [-0.05, 0) is 42.3 Å². The Labute approximate surface area is 130 Å². The lowest BCUT2D eigenvalue weighted by Crippen LogP contribution is -2.18. The van der Waals surface area contributed by atoms with Crippen LogP contribution in [0.1, 0.15) is 19.4 Å². The predicted octanol–water partition coefficient (Wildman–Crippen LogP) is 4.63. The average Bonchev–Trinajstić information content (AvgIpc) is 2.42. The first-order chi connectivity index (χ1) is 9.65. The predicted molar refractivity (Wildman–Crippen MR) is 86.4 cm³/mol. The zero-order valence-electron chi connectivity index (χ0n) is 11.8. The lowest BCUT2D eigenvalue weighted by Gasteiger charge is -2.09. The zero-order chi connectivity index (χ0) is 14.4. The molecule has 0 amide bonds. The summed E-state index contributed by atoms with van der Waals surface area (Å²) in [4.78, 5) is 6.24. The molecule has 0 bridgehead atoms. The smallest absolute Gasteiger partial charge is 0.0548 e. The second-order valence-corrected chi connectivity index (χ2v) is 6.60. The van der Waals surface area contributed by atoms with Crippen molar-refractivity contribution >= 4 is 23.4 Å². The molecule has 1 N–H and O–H groups in total. The van der Waals surface area contributed by atoms with Gasteiger partial charge in [0.15, 0.2) is 0 Å². The Morgan fingerprint density at radius 1 is 1.20 bits per heavy atom. The third-order valence-electron chi connectivity index (χ3n) is 2.76. The van der Waals surface area contributed by atoms with Crippen LogP contribution in [0.2, 0.25) is 5.02 Å². The van der Waals surface area contributed by atoms with Gasteiger partial charge in [0.05, 0.1) is 5.02 Å². The van der Waals surface area contributed by atoms with E-state index in [0.29, 0.717) is 5.92 Å². The summed E-state index contributed by atoms with van der Waals surface area (Å²) in [6.45, 7) is 6.28. The van der Waals surface area contributed by atoms with Gasteiger partial charge in [-0.2, -0.15) is 0 Å². The minimum atomic E-state index is 0.659. The Bertz CT molecular complexity index is 543. The van der Waals surface area contributed by atoms with Crippen LogP contribution in [0.5, 0.6) is 0 Å². The summed E-state index contributed by atoms with van der Waals surface area (Å²) < 4.78 is 0. The van der Waals surface area contributed by atoms with Crippen molar-refractivity contribution in [3.05, 3.63) is 53.3 Å². The molecule has 0 aliphatic heterocycles. The topological polar surface area (TPSA) is 24.9 Å².